The van der Waals surface area contributed by atoms with Crippen molar-refractivity contribution in [2.45, 2.75) is 51.3 Å². The van der Waals surface area contributed by atoms with Gasteiger partial charge in [-0.05, 0) is 62.1 Å². The Balaban J connectivity index is 1.87. The molecule has 11 heteroatoms. The van der Waals surface area contributed by atoms with Gasteiger partial charge in [0, 0.05) is 35.8 Å². The van der Waals surface area contributed by atoms with Crippen LogP contribution in [0.15, 0.2) is 48.5 Å². The van der Waals surface area contributed by atoms with Gasteiger partial charge in [-0.2, -0.15) is 13.2 Å². The first kappa shape index (κ1) is 29.9. The fraction of sp³-hybridized carbons (Fsp3) is 0.429. The van der Waals surface area contributed by atoms with Crippen LogP contribution in [0.2, 0.25) is 0 Å². The summed E-state index contributed by atoms with van der Waals surface area (Å²) in [7, 11) is 1.34. The number of ether oxygens (including phenoxy) is 2. The molecule has 0 radical (unpaired) electrons. The maximum absolute atomic E-state index is 14.3. The molecule has 0 aliphatic carbocycles. The Kier molecular flexibility index (Phi) is 8.94. The highest BCUT2D eigenvalue weighted by Crippen LogP contribution is 2.44. The number of halogens is 4. The average Bonchev–Trinajstić information content (AvgIpc) is 2.87. The second kappa shape index (κ2) is 11.6. The number of anilines is 1. The molecule has 0 spiro atoms. The Morgan fingerprint density at radius 1 is 1.08 bits per heavy atom. The summed E-state index contributed by atoms with van der Waals surface area (Å²) in [4.78, 5) is 18.0. The van der Waals surface area contributed by atoms with Crippen molar-refractivity contribution in [2.75, 3.05) is 32.1 Å². The lowest BCUT2D eigenvalue weighted by atomic mass is 9.74. The Bertz CT molecular complexity index is 1310. The van der Waals surface area contributed by atoms with Crippen LogP contribution in [0.25, 0.3) is 10.9 Å². The normalized spacial score (nSPS) is 13.6. The van der Waals surface area contributed by atoms with Crippen molar-refractivity contribution in [1.29, 1.82) is 0 Å². The number of hydrogen-bond donors (Lipinski definition) is 2. The number of amides is 1. The predicted octanol–water partition coefficient (Wildman–Crippen LogP) is 6.30. The maximum Gasteiger partial charge on any atom is 0.418 e. The van der Waals surface area contributed by atoms with E-state index in [0.717, 1.165) is 12.1 Å². The zero-order valence-corrected chi connectivity index (χ0v) is 22.5. The molecule has 39 heavy (non-hydrogen) atoms. The summed E-state index contributed by atoms with van der Waals surface area (Å²) in [6, 6.07) is 11.4. The van der Waals surface area contributed by atoms with Gasteiger partial charge in [0.1, 0.15) is 11.6 Å². The molecule has 1 amide bonds. The highest BCUT2D eigenvalue weighted by molar-refractivity contribution is 5.91. The number of nitrogens with zero attached hydrogens (tertiary/aromatic N) is 2. The van der Waals surface area contributed by atoms with Crippen molar-refractivity contribution in [3.63, 3.8) is 0 Å². The quantitative estimate of drug-likeness (QED) is 0.288. The number of alkyl halides is 3. The van der Waals surface area contributed by atoms with Crippen LogP contribution in [-0.2, 0) is 5.41 Å². The summed E-state index contributed by atoms with van der Waals surface area (Å²) in [6.07, 6.45) is -6.34. The zero-order valence-electron chi connectivity index (χ0n) is 22.5. The third-order valence-electron chi connectivity index (χ3n) is 6.64. The summed E-state index contributed by atoms with van der Waals surface area (Å²) in [5.74, 6) is -0.358. The smallest absolute Gasteiger partial charge is 0.418 e. The lowest BCUT2D eigenvalue weighted by molar-refractivity contribution is -0.260. The number of methoxy groups -OCH3 is 1. The van der Waals surface area contributed by atoms with Gasteiger partial charge >= 0.3 is 12.3 Å². The molecule has 0 bridgehead atoms. The van der Waals surface area contributed by atoms with E-state index < -0.39 is 42.1 Å². The molecule has 2 aromatic carbocycles. The molecule has 3 aromatic rings. The molecule has 0 saturated carbocycles. The van der Waals surface area contributed by atoms with Crippen LogP contribution in [-0.4, -0.2) is 59.6 Å². The standard InChI is InChI=1S/C28H33F4N3O4/c1-6-35(7-2)25(36)39-24-14-12-19-21(9-8-10-22(19)34-24)33-17-27(37,28(30,31)32)16-26(3,4)20-15-18(29)11-13-23(20)38-5/h8-15,33,37H,6-7,16-17H2,1-5H3. The van der Waals surface area contributed by atoms with Gasteiger partial charge in [0.2, 0.25) is 5.88 Å². The van der Waals surface area contributed by atoms with Crippen molar-refractivity contribution >= 4 is 22.7 Å². The fourth-order valence-electron chi connectivity index (χ4n) is 4.52. The molecule has 1 aromatic heterocycles. The number of benzene rings is 2. The Morgan fingerprint density at radius 3 is 2.38 bits per heavy atom. The van der Waals surface area contributed by atoms with Crippen LogP contribution in [0.4, 0.5) is 28.0 Å². The highest BCUT2D eigenvalue weighted by atomic mass is 19.4. The van der Waals surface area contributed by atoms with E-state index in [-0.39, 0.29) is 17.2 Å². The van der Waals surface area contributed by atoms with E-state index in [2.05, 4.69) is 10.3 Å². The predicted molar refractivity (Wildman–Crippen MR) is 141 cm³/mol. The number of rotatable bonds is 10. The van der Waals surface area contributed by atoms with E-state index in [0.29, 0.717) is 29.7 Å². The Morgan fingerprint density at radius 2 is 1.77 bits per heavy atom. The fourth-order valence-corrected chi connectivity index (χ4v) is 4.52. The molecule has 7 nitrogen and oxygen atoms in total. The number of fused-ring (bicyclic) bond motifs is 1. The minimum absolute atomic E-state index is 0.0501. The maximum atomic E-state index is 14.3. The third kappa shape index (κ3) is 6.70. The van der Waals surface area contributed by atoms with Crippen molar-refractivity contribution in [3.8, 4) is 11.6 Å². The van der Waals surface area contributed by atoms with Crippen LogP contribution < -0.4 is 14.8 Å². The van der Waals surface area contributed by atoms with Gasteiger partial charge in [-0.1, -0.05) is 19.9 Å². The van der Waals surface area contributed by atoms with Gasteiger partial charge < -0.3 is 24.8 Å². The molecule has 1 atom stereocenters. The second-order valence-corrected chi connectivity index (χ2v) is 9.85. The molecule has 2 N–H and O–H groups in total. The molecule has 0 saturated heterocycles. The van der Waals surface area contributed by atoms with Crippen molar-refractivity contribution in [1.82, 2.24) is 9.88 Å². The Labute approximate surface area is 224 Å². The van der Waals surface area contributed by atoms with Crippen LogP contribution in [0.5, 0.6) is 11.6 Å². The Hall–Kier alpha value is -3.60. The lowest BCUT2D eigenvalue weighted by Crippen LogP contribution is -2.53. The molecule has 0 aliphatic rings. The van der Waals surface area contributed by atoms with Gasteiger partial charge in [0.05, 0.1) is 19.2 Å². The van der Waals surface area contributed by atoms with Gasteiger partial charge in [-0.3, -0.25) is 0 Å². The van der Waals surface area contributed by atoms with E-state index in [4.69, 9.17) is 9.47 Å². The number of nitrogens with one attached hydrogen (secondary N) is 1. The molecule has 1 heterocycles. The number of carbonyl (C=O) groups is 1. The van der Waals surface area contributed by atoms with Gasteiger partial charge in [0.25, 0.3) is 0 Å². The summed E-state index contributed by atoms with van der Waals surface area (Å²) in [5.41, 5.74) is -3.61. The molecule has 1 unspecified atom stereocenters. The molecule has 3 rings (SSSR count). The van der Waals surface area contributed by atoms with E-state index in [1.165, 1.54) is 38.0 Å². The van der Waals surface area contributed by atoms with Crippen LogP contribution in [0.3, 0.4) is 0 Å². The molecular weight excluding hydrogens is 518 g/mol. The third-order valence-corrected chi connectivity index (χ3v) is 6.64. The van der Waals surface area contributed by atoms with E-state index in [1.54, 1.807) is 24.3 Å². The average molecular weight is 552 g/mol. The van der Waals surface area contributed by atoms with Gasteiger partial charge in [-0.15, -0.1) is 0 Å². The summed E-state index contributed by atoms with van der Waals surface area (Å²) < 4.78 is 67.3. The van der Waals surface area contributed by atoms with Gasteiger partial charge in [0.15, 0.2) is 5.60 Å². The monoisotopic (exact) mass is 551 g/mol. The first-order valence-electron chi connectivity index (χ1n) is 12.5. The first-order chi connectivity index (χ1) is 18.2. The molecule has 212 valence electrons. The van der Waals surface area contributed by atoms with Crippen LogP contribution >= 0.6 is 0 Å². The SMILES string of the molecule is CCN(CC)C(=O)Oc1ccc2c(NCC(O)(CC(C)(C)c3cc(F)ccc3OC)C(F)(F)F)cccc2n1. The van der Waals surface area contributed by atoms with Crippen LogP contribution in [0, 0.1) is 5.82 Å². The lowest BCUT2D eigenvalue weighted by Gasteiger charge is -2.38. The first-order valence-corrected chi connectivity index (χ1v) is 12.5. The van der Waals surface area contributed by atoms with Crippen molar-refractivity contribution < 1.29 is 36.9 Å². The molecular formula is C28H33F4N3O4. The molecule has 0 aliphatic heterocycles. The van der Waals surface area contributed by atoms with E-state index in [1.807, 2.05) is 13.8 Å². The molecule has 0 fully saturated rings. The minimum atomic E-state index is -5.01. The summed E-state index contributed by atoms with van der Waals surface area (Å²) in [6.45, 7) is 6.65. The minimum Gasteiger partial charge on any atom is -0.496 e. The highest BCUT2D eigenvalue weighted by Gasteiger charge is 2.56. The number of aromatic nitrogens is 1. The van der Waals surface area contributed by atoms with Crippen LogP contribution in [0.1, 0.15) is 39.7 Å². The van der Waals surface area contributed by atoms with E-state index in [9.17, 15) is 27.5 Å². The summed E-state index contributed by atoms with van der Waals surface area (Å²) in [5, 5.41) is 14.1. The van der Waals surface area contributed by atoms with E-state index >= 15 is 0 Å². The topological polar surface area (TPSA) is 83.9 Å². The number of hydrogen-bond acceptors (Lipinski definition) is 6. The number of carbonyl (C=O) groups excluding carboxylic acids is 1. The largest absolute Gasteiger partial charge is 0.496 e. The summed E-state index contributed by atoms with van der Waals surface area (Å²) >= 11 is 0. The van der Waals surface area contributed by atoms with Crippen molar-refractivity contribution in [2.24, 2.45) is 0 Å². The van der Waals surface area contributed by atoms with Gasteiger partial charge in [-0.25, -0.2) is 14.2 Å². The number of pyridine rings is 1. The zero-order chi connectivity index (χ0) is 29.0. The van der Waals surface area contributed by atoms with Crippen molar-refractivity contribution in [3.05, 3.63) is 59.9 Å². The second-order valence-electron chi connectivity index (χ2n) is 9.85. The number of aliphatic hydroxyl groups is 1.